The van der Waals surface area contributed by atoms with Crippen LogP contribution in [0.15, 0.2) is 0 Å². The van der Waals surface area contributed by atoms with Crippen molar-refractivity contribution in [3.05, 3.63) is 29.1 Å². The normalized spacial score (nSPS) is 23.4. The summed E-state index contributed by atoms with van der Waals surface area (Å²) in [5.41, 5.74) is 0. The van der Waals surface area contributed by atoms with Crippen molar-refractivity contribution < 1.29 is 60.0 Å². The van der Waals surface area contributed by atoms with Crippen LogP contribution in [0.3, 0.4) is 0 Å². The van der Waals surface area contributed by atoms with Gasteiger partial charge in [0.15, 0.2) is 6.29 Å². The van der Waals surface area contributed by atoms with Crippen LogP contribution in [0.25, 0.3) is 0 Å². The second-order valence-corrected chi connectivity index (χ2v) is 8.69. The van der Waals surface area contributed by atoms with Gasteiger partial charge in [0.1, 0.15) is 18.8 Å². The molecule has 0 bridgehead atoms. The number of unbranched alkanes of at least 4 members (excludes halogenated alkanes) is 2. The van der Waals surface area contributed by atoms with E-state index in [2.05, 4.69) is 4.74 Å². The number of carbonyl (C=O) groups is 3. The Morgan fingerprint density at radius 3 is 1.97 bits per heavy atom. The fourth-order valence-corrected chi connectivity index (χ4v) is 3.75. The van der Waals surface area contributed by atoms with Gasteiger partial charge in [-0.3, -0.25) is 14.4 Å². The molecule has 1 aliphatic rings. The van der Waals surface area contributed by atoms with Crippen LogP contribution in [-0.2, 0) is 33.3 Å². The van der Waals surface area contributed by atoms with Gasteiger partial charge in [-0.25, -0.2) is 13.2 Å². The van der Waals surface area contributed by atoms with E-state index >= 15 is 0 Å². The first kappa shape index (κ1) is 30.4. The molecule has 5 atom stereocenters. The molecule has 0 saturated carbocycles. The summed E-state index contributed by atoms with van der Waals surface area (Å²) < 4.78 is 93.1. The van der Waals surface area contributed by atoms with Crippen molar-refractivity contribution in [2.24, 2.45) is 11.8 Å². The number of hydrogen-bond acceptors (Lipinski definition) is 8. The van der Waals surface area contributed by atoms with Crippen molar-refractivity contribution in [3.8, 4) is 5.75 Å². The fraction of sp³-hybridized carbons (Fsp3) is 0.625. The van der Waals surface area contributed by atoms with Crippen LogP contribution in [0.4, 0.5) is 22.0 Å². The number of rotatable bonds is 11. The lowest BCUT2D eigenvalue weighted by Gasteiger charge is -2.43. The molecule has 208 valence electrons. The fourth-order valence-electron chi connectivity index (χ4n) is 3.75. The van der Waals surface area contributed by atoms with Gasteiger partial charge in [-0.15, -0.1) is 0 Å². The molecule has 8 nitrogen and oxygen atoms in total. The van der Waals surface area contributed by atoms with Crippen LogP contribution in [0.1, 0.15) is 53.4 Å². The SMILES string of the molecule is CC(=O)OCC1OC(OCCCCCC(=O)Oc2c(F)c(F)c(F)c(F)c2F)C(C)C(C)C1OC(C)=O. The maximum absolute atomic E-state index is 13.6. The van der Waals surface area contributed by atoms with Crippen LogP contribution < -0.4 is 4.74 Å². The van der Waals surface area contributed by atoms with Crippen LogP contribution in [0.5, 0.6) is 5.75 Å². The average Bonchev–Trinajstić information content (AvgIpc) is 2.84. The summed E-state index contributed by atoms with van der Waals surface area (Å²) in [7, 11) is 0. The van der Waals surface area contributed by atoms with E-state index in [9.17, 15) is 36.3 Å². The second kappa shape index (κ2) is 13.7. The van der Waals surface area contributed by atoms with Gasteiger partial charge in [0.25, 0.3) is 0 Å². The van der Waals surface area contributed by atoms with Gasteiger partial charge in [0, 0.05) is 38.7 Å². The van der Waals surface area contributed by atoms with E-state index in [1.54, 1.807) is 0 Å². The molecule has 1 heterocycles. The van der Waals surface area contributed by atoms with Crippen molar-refractivity contribution in [1.82, 2.24) is 0 Å². The van der Waals surface area contributed by atoms with Crippen molar-refractivity contribution >= 4 is 17.9 Å². The highest BCUT2D eigenvalue weighted by Crippen LogP contribution is 2.34. The summed E-state index contributed by atoms with van der Waals surface area (Å²) in [6.45, 7) is 6.28. The van der Waals surface area contributed by atoms with Crippen LogP contribution in [0, 0.1) is 40.9 Å². The van der Waals surface area contributed by atoms with Gasteiger partial charge in [0.2, 0.25) is 34.8 Å². The molecule has 1 fully saturated rings. The second-order valence-electron chi connectivity index (χ2n) is 8.69. The Kier molecular flexibility index (Phi) is 11.2. The van der Waals surface area contributed by atoms with Crippen LogP contribution >= 0.6 is 0 Å². The highest BCUT2D eigenvalue weighted by atomic mass is 19.2. The average molecular weight is 540 g/mol. The zero-order valence-electron chi connectivity index (χ0n) is 20.8. The van der Waals surface area contributed by atoms with Crippen molar-refractivity contribution in [2.75, 3.05) is 13.2 Å². The third-order valence-corrected chi connectivity index (χ3v) is 5.90. The number of halogens is 5. The molecule has 2 rings (SSSR count). The summed E-state index contributed by atoms with van der Waals surface area (Å²) in [5, 5.41) is 0. The van der Waals surface area contributed by atoms with Gasteiger partial charge in [-0.2, -0.15) is 8.78 Å². The maximum atomic E-state index is 13.6. The molecule has 0 aliphatic carbocycles. The first-order chi connectivity index (χ1) is 17.3. The van der Waals surface area contributed by atoms with E-state index in [1.165, 1.54) is 13.8 Å². The largest absolute Gasteiger partial charge is 0.463 e. The Hall–Kier alpha value is -2.80. The molecule has 0 radical (unpaired) electrons. The highest BCUT2D eigenvalue weighted by molar-refractivity contribution is 5.72. The molecule has 1 aliphatic heterocycles. The van der Waals surface area contributed by atoms with Crippen LogP contribution in [0.2, 0.25) is 0 Å². The van der Waals surface area contributed by atoms with Crippen molar-refractivity contribution in [1.29, 1.82) is 0 Å². The molecule has 0 aromatic heterocycles. The zero-order chi connectivity index (χ0) is 27.9. The first-order valence-corrected chi connectivity index (χ1v) is 11.6. The molecule has 1 aromatic rings. The molecule has 13 heteroatoms. The molecule has 0 N–H and O–H groups in total. The molecular weight excluding hydrogens is 511 g/mol. The maximum Gasteiger partial charge on any atom is 0.311 e. The quantitative estimate of drug-likeness (QED) is 0.102. The first-order valence-electron chi connectivity index (χ1n) is 11.6. The molecule has 37 heavy (non-hydrogen) atoms. The number of ether oxygens (including phenoxy) is 5. The standard InChI is InChI=1S/C24H29F5O8/c1-11-12(2)24(36-15(10-34-13(3)30)22(11)35-14(4)31)33-9-7-5-6-8-16(32)37-23-20(28)18(26)17(25)19(27)21(23)29/h11-12,15,22,24H,5-10H2,1-4H3. The van der Waals surface area contributed by atoms with Crippen LogP contribution in [-0.4, -0.2) is 49.6 Å². The lowest BCUT2D eigenvalue weighted by Crippen LogP contribution is -2.53. The number of hydrogen-bond donors (Lipinski definition) is 0. The number of carbonyl (C=O) groups excluding carboxylic acids is 3. The summed E-state index contributed by atoms with van der Waals surface area (Å²) in [6, 6.07) is 0. The van der Waals surface area contributed by atoms with E-state index in [4.69, 9.17) is 18.9 Å². The minimum absolute atomic E-state index is 0.130. The third-order valence-electron chi connectivity index (χ3n) is 5.90. The predicted molar refractivity (Wildman–Crippen MR) is 115 cm³/mol. The number of benzene rings is 1. The Bertz CT molecular complexity index is 959. The molecule has 1 saturated heterocycles. The highest BCUT2D eigenvalue weighted by Gasteiger charge is 2.44. The van der Waals surface area contributed by atoms with E-state index in [0.29, 0.717) is 12.8 Å². The Morgan fingerprint density at radius 1 is 0.811 bits per heavy atom. The topological polar surface area (TPSA) is 97.4 Å². The third kappa shape index (κ3) is 8.09. The predicted octanol–water partition coefficient (Wildman–Crippen LogP) is 4.36. The lowest BCUT2D eigenvalue weighted by atomic mass is 9.84. The van der Waals surface area contributed by atoms with Crippen molar-refractivity contribution in [2.45, 2.75) is 71.9 Å². The van der Waals surface area contributed by atoms with Gasteiger partial charge in [-0.1, -0.05) is 20.3 Å². The van der Waals surface area contributed by atoms with E-state index in [-0.39, 0.29) is 37.9 Å². The van der Waals surface area contributed by atoms with E-state index < -0.39 is 71.2 Å². The summed E-state index contributed by atoms with van der Waals surface area (Å²) in [6.07, 6.45) is -1.35. The Labute approximate surface area is 210 Å². The van der Waals surface area contributed by atoms with Gasteiger partial charge < -0.3 is 23.7 Å². The monoisotopic (exact) mass is 540 g/mol. The zero-order valence-corrected chi connectivity index (χ0v) is 20.8. The summed E-state index contributed by atoms with van der Waals surface area (Å²) >= 11 is 0. The van der Waals surface area contributed by atoms with Gasteiger partial charge >= 0.3 is 17.9 Å². The number of esters is 3. The minimum Gasteiger partial charge on any atom is -0.463 e. The molecular formula is C24H29F5O8. The Balaban J connectivity index is 1.81. The van der Waals surface area contributed by atoms with Gasteiger partial charge in [0.05, 0.1) is 0 Å². The molecule has 0 spiro atoms. The minimum atomic E-state index is -2.35. The smallest absolute Gasteiger partial charge is 0.311 e. The summed E-state index contributed by atoms with van der Waals surface area (Å²) in [4.78, 5) is 34.5. The van der Waals surface area contributed by atoms with Crippen molar-refractivity contribution in [3.63, 3.8) is 0 Å². The Morgan fingerprint density at radius 2 is 1.41 bits per heavy atom. The lowest BCUT2D eigenvalue weighted by molar-refractivity contribution is -0.273. The molecule has 0 amide bonds. The van der Waals surface area contributed by atoms with E-state index in [1.807, 2.05) is 13.8 Å². The summed E-state index contributed by atoms with van der Waals surface area (Å²) in [5.74, 6) is -15.4. The van der Waals surface area contributed by atoms with E-state index in [0.717, 1.165) is 0 Å². The molecule has 1 aromatic carbocycles. The molecule has 5 unspecified atom stereocenters. The van der Waals surface area contributed by atoms with Gasteiger partial charge in [-0.05, 0) is 12.8 Å².